The van der Waals surface area contributed by atoms with Crippen molar-refractivity contribution in [2.75, 3.05) is 12.3 Å². The van der Waals surface area contributed by atoms with Crippen LogP contribution in [0, 0.1) is 0 Å². The van der Waals surface area contributed by atoms with Crippen LogP contribution >= 0.6 is 23.4 Å². The first kappa shape index (κ1) is 15.9. The molecule has 0 radical (unpaired) electrons. The molecule has 0 saturated heterocycles. The van der Waals surface area contributed by atoms with Crippen molar-refractivity contribution in [2.24, 2.45) is 0 Å². The van der Waals surface area contributed by atoms with Crippen molar-refractivity contribution in [3.05, 3.63) is 65.2 Å². The molecule has 0 spiro atoms. The van der Waals surface area contributed by atoms with Gasteiger partial charge in [0.1, 0.15) is 0 Å². The van der Waals surface area contributed by atoms with Gasteiger partial charge in [0.15, 0.2) is 0 Å². The van der Waals surface area contributed by atoms with Crippen molar-refractivity contribution >= 4 is 29.3 Å². The fourth-order valence-corrected chi connectivity index (χ4v) is 2.75. The summed E-state index contributed by atoms with van der Waals surface area (Å²) in [4.78, 5) is 12.9. The summed E-state index contributed by atoms with van der Waals surface area (Å²) in [6.07, 6.45) is 0. The summed E-state index contributed by atoms with van der Waals surface area (Å²) in [5.41, 5.74) is 1.24. The number of thioether (sulfide) groups is 1. The zero-order chi connectivity index (χ0) is 15.1. The molecule has 0 aromatic heterocycles. The molecule has 1 amide bonds. The van der Waals surface area contributed by atoms with E-state index in [9.17, 15) is 4.79 Å². The summed E-state index contributed by atoms with van der Waals surface area (Å²) in [5.74, 6) is 0.789. The molecule has 1 N–H and O–H groups in total. The summed E-state index contributed by atoms with van der Waals surface area (Å²) in [6.45, 7) is 2.77. The molecule has 21 heavy (non-hydrogen) atoms. The molecule has 0 heterocycles. The number of nitrogens with one attached hydrogen (secondary N) is 1. The number of benzene rings is 2. The lowest BCUT2D eigenvalue weighted by atomic mass is 10.0. The SMILES string of the molecule is C[C@@H](CNC(=O)CSc1ccc(Cl)cc1)c1ccccc1. The van der Waals surface area contributed by atoms with Crippen LogP contribution in [0.25, 0.3) is 0 Å². The highest BCUT2D eigenvalue weighted by atomic mass is 35.5. The topological polar surface area (TPSA) is 29.1 Å². The van der Waals surface area contributed by atoms with Crippen LogP contribution in [-0.2, 0) is 4.79 Å². The molecule has 0 aliphatic carbocycles. The van der Waals surface area contributed by atoms with Gasteiger partial charge < -0.3 is 5.32 Å². The highest BCUT2D eigenvalue weighted by Gasteiger charge is 2.08. The maximum absolute atomic E-state index is 11.9. The lowest BCUT2D eigenvalue weighted by Crippen LogP contribution is -2.28. The molecule has 110 valence electrons. The predicted molar refractivity (Wildman–Crippen MR) is 90.0 cm³/mol. The zero-order valence-corrected chi connectivity index (χ0v) is 13.5. The first-order valence-electron chi connectivity index (χ1n) is 6.85. The van der Waals surface area contributed by atoms with Crippen molar-refractivity contribution in [3.8, 4) is 0 Å². The summed E-state index contributed by atoms with van der Waals surface area (Å²) < 4.78 is 0. The van der Waals surface area contributed by atoms with Gasteiger partial charge in [0.2, 0.25) is 5.91 Å². The van der Waals surface area contributed by atoms with E-state index in [-0.39, 0.29) is 5.91 Å². The van der Waals surface area contributed by atoms with Crippen LogP contribution in [0.3, 0.4) is 0 Å². The van der Waals surface area contributed by atoms with Gasteiger partial charge in [-0.3, -0.25) is 4.79 Å². The molecule has 0 fully saturated rings. The number of carbonyl (C=O) groups is 1. The lowest BCUT2D eigenvalue weighted by Gasteiger charge is -2.13. The van der Waals surface area contributed by atoms with Gasteiger partial charge in [-0.25, -0.2) is 0 Å². The van der Waals surface area contributed by atoms with Gasteiger partial charge in [0, 0.05) is 16.5 Å². The number of hydrogen-bond acceptors (Lipinski definition) is 2. The number of rotatable bonds is 6. The Labute approximate surface area is 134 Å². The normalized spacial score (nSPS) is 11.9. The van der Waals surface area contributed by atoms with Crippen molar-refractivity contribution in [1.29, 1.82) is 0 Å². The maximum atomic E-state index is 11.9. The van der Waals surface area contributed by atoms with Crippen LogP contribution < -0.4 is 5.32 Å². The third kappa shape index (κ3) is 5.44. The largest absolute Gasteiger partial charge is 0.355 e. The predicted octanol–water partition coefficient (Wildman–Crippen LogP) is 4.35. The van der Waals surface area contributed by atoms with Crippen molar-refractivity contribution in [1.82, 2.24) is 5.32 Å². The molecule has 2 nitrogen and oxygen atoms in total. The zero-order valence-electron chi connectivity index (χ0n) is 11.9. The van der Waals surface area contributed by atoms with Crippen LogP contribution in [-0.4, -0.2) is 18.2 Å². The van der Waals surface area contributed by atoms with Gasteiger partial charge in [-0.1, -0.05) is 48.9 Å². The smallest absolute Gasteiger partial charge is 0.230 e. The number of carbonyl (C=O) groups excluding carboxylic acids is 1. The third-order valence-electron chi connectivity index (χ3n) is 3.16. The second-order valence-electron chi connectivity index (χ2n) is 4.86. The maximum Gasteiger partial charge on any atom is 0.230 e. The Kier molecular flexibility index (Phi) is 6.15. The molecule has 0 unspecified atom stereocenters. The minimum absolute atomic E-state index is 0.0535. The first-order chi connectivity index (χ1) is 10.1. The van der Waals surface area contributed by atoms with Crippen LogP contribution in [0.15, 0.2) is 59.5 Å². The van der Waals surface area contributed by atoms with Crippen molar-refractivity contribution < 1.29 is 4.79 Å². The molecule has 2 aromatic carbocycles. The Balaban J connectivity index is 1.73. The van der Waals surface area contributed by atoms with Gasteiger partial charge in [-0.15, -0.1) is 11.8 Å². The monoisotopic (exact) mass is 319 g/mol. The minimum Gasteiger partial charge on any atom is -0.355 e. The Hall–Kier alpha value is -1.45. The van der Waals surface area contributed by atoms with Crippen LogP contribution in [0.2, 0.25) is 5.02 Å². The van der Waals surface area contributed by atoms with Crippen LogP contribution in [0.5, 0.6) is 0 Å². The van der Waals surface area contributed by atoms with Crippen molar-refractivity contribution in [2.45, 2.75) is 17.7 Å². The van der Waals surface area contributed by atoms with Gasteiger partial charge in [-0.2, -0.15) is 0 Å². The lowest BCUT2D eigenvalue weighted by molar-refractivity contribution is -0.118. The Morgan fingerprint density at radius 3 is 2.48 bits per heavy atom. The third-order valence-corrected chi connectivity index (χ3v) is 4.42. The molecule has 2 rings (SSSR count). The van der Waals surface area contributed by atoms with E-state index < -0.39 is 0 Å². The molecule has 2 aromatic rings. The van der Waals surface area contributed by atoms with E-state index in [4.69, 9.17) is 11.6 Å². The standard InChI is InChI=1S/C17H18ClNOS/c1-13(14-5-3-2-4-6-14)11-19-17(20)12-21-16-9-7-15(18)8-10-16/h2-10,13H,11-12H2,1H3,(H,19,20)/t13-/m0/s1. The van der Waals surface area contributed by atoms with Gasteiger partial charge >= 0.3 is 0 Å². The number of amides is 1. The van der Waals surface area contributed by atoms with E-state index in [2.05, 4.69) is 24.4 Å². The molecule has 0 saturated carbocycles. The van der Waals surface area contributed by atoms with Gasteiger partial charge in [0.25, 0.3) is 0 Å². The Morgan fingerprint density at radius 2 is 1.81 bits per heavy atom. The van der Waals surface area contributed by atoms with Crippen molar-refractivity contribution in [3.63, 3.8) is 0 Å². The fourth-order valence-electron chi connectivity index (χ4n) is 1.90. The molecule has 1 atom stereocenters. The van der Waals surface area contributed by atoms with E-state index in [1.807, 2.05) is 42.5 Å². The quantitative estimate of drug-likeness (QED) is 0.802. The van der Waals surface area contributed by atoms with Crippen LogP contribution in [0.1, 0.15) is 18.4 Å². The summed E-state index contributed by atoms with van der Waals surface area (Å²) in [5, 5.41) is 3.69. The van der Waals surface area contributed by atoms with E-state index in [1.165, 1.54) is 17.3 Å². The van der Waals surface area contributed by atoms with Gasteiger partial charge in [-0.05, 0) is 35.7 Å². The van der Waals surface area contributed by atoms with E-state index in [0.29, 0.717) is 23.2 Å². The summed E-state index contributed by atoms with van der Waals surface area (Å²) in [6, 6.07) is 17.7. The molecular formula is C17H18ClNOS. The van der Waals surface area contributed by atoms with E-state index >= 15 is 0 Å². The fraction of sp³-hybridized carbons (Fsp3) is 0.235. The number of hydrogen-bond donors (Lipinski definition) is 1. The van der Waals surface area contributed by atoms with E-state index in [0.717, 1.165) is 4.90 Å². The number of halogens is 1. The Morgan fingerprint density at radius 1 is 1.14 bits per heavy atom. The average Bonchev–Trinajstić information content (AvgIpc) is 2.53. The summed E-state index contributed by atoms with van der Waals surface area (Å²) >= 11 is 7.34. The molecule has 0 bridgehead atoms. The van der Waals surface area contributed by atoms with E-state index in [1.54, 1.807) is 0 Å². The molecule has 0 aliphatic rings. The van der Waals surface area contributed by atoms with Gasteiger partial charge in [0.05, 0.1) is 5.75 Å². The average molecular weight is 320 g/mol. The minimum atomic E-state index is 0.0535. The summed E-state index contributed by atoms with van der Waals surface area (Å²) in [7, 11) is 0. The highest BCUT2D eigenvalue weighted by Crippen LogP contribution is 2.20. The second kappa shape index (κ2) is 8.11. The first-order valence-corrected chi connectivity index (χ1v) is 8.21. The Bertz CT molecular complexity index is 571. The molecular weight excluding hydrogens is 302 g/mol. The second-order valence-corrected chi connectivity index (χ2v) is 6.34. The molecule has 0 aliphatic heterocycles. The highest BCUT2D eigenvalue weighted by molar-refractivity contribution is 8.00. The molecule has 4 heteroatoms. The van der Waals surface area contributed by atoms with Crippen LogP contribution in [0.4, 0.5) is 0 Å².